The van der Waals surface area contributed by atoms with Crippen molar-refractivity contribution in [2.75, 3.05) is 7.05 Å². The van der Waals surface area contributed by atoms with Crippen molar-refractivity contribution in [2.24, 2.45) is 17.2 Å². The smallest absolute Gasteiger partial charge is 0.278 e. The van der Waals surface area contributed by atoms with E-state index in [9.17, 15) is 0 Å². The van der Waals surface area contributed by atoms with Crippen molar-refractivity contribution in [2.45, 2.75) is 56.0 Å². The summed E-state index contributed by atoms with van der Waals surface area (Å²) in [6, 6.07) is 0. The normalized spacial score (nSPS) is 6.29. The van der Waals surface area contributed by atoms with E-state index in [1.165, 1.54) is 14.5 Å². The molecule has 2 aromatic rings. The van der Waals surface area contributed by atoms with Crippen molar-refractivity contribution in [3.05, 3.63) is 39.0 Å². The van der Waals surface area contributed by atoms with E-state index in [1.807, 2.05) is 61.5 Å². The van der Waals surface area contributed by atoms with Gasteiger partial charge in [0.2, 0.25) is 14.7 Å². The van der Waals surface area contributed by atoms with Crippen molar-refractivity contribution in [1.29, 1.82) is 0 Å². The van der Waals surface area contributed by atoms with E-state index >= 15 is 0 Å². The van der Waals surface area contributed by atoms with E-state index in [-0.39, 0.29) is 14.9 Å². The summed E-state index contributed by atoms with van der Waals surface area (Å²) in [6.45, 7) is 10.9. The molecule has 0 aliphatic rings. The van der Waals surface area contributed by atoms with Crippen LogP contribution in [0.2, 0.25) is 27.3 Å². The van der Waals surface area contributed by atoms with Gasteiger partial charge in [0.15, 0.2) is 7.28 Å². The van der Waals surface area contributed by atoms with Gasteiger partial charge in [-0.25, -0.2) is 0 Å². The zero-order valence-electron chi connectivity index (χ0n) is 20.0. The van der Waals surface area contributed by atoms with E-state index in [0.717, 1.165) is 11.3 Å². The molecular formula is C18H36B4N12. The van der Waals surface area contributed by atoms with E-state index < -0.39 is 0 Å². The van der Waals surface area contributed by atoms with Gasteiger partial charge in [-0.3, -0.25) is 4.68 Å². The number of aromatic nitrogens is 6. The standard InChI is InChI=1S/2C4H7BN3.C3H4B.C3H4.CH3BN3.CH3N3.2CH4/c1-5-4-3-8(2)7-6-4;1-4-3-8(5-2)7-6-4;1-3-4-2;1-3-2;1-2-4-5-3;1-3-4-2;;/h2*3H,1-2H3;1H,2H3;1H,2H3;1H3;1H3;2*1H4. The number of nitrogens with zero attached hydrogens (tertiary/aromatic N) is 12. The van der Waals surface area contributed by atoms with Gasteiger partial charge in [-0.15, -0.1) is 29.0 Å². The van der Waals surface area contributed by atoms with Crippen LogP contribution >= 0.6 is 0 Å². The summed E-state index contributed by atoms with van der Waals surface area (Å²) in [5.41, 5.74) is 16.7. The van der Waals surface area contributed by atoms with E-state index in [2.05, 4.69) is 58.8 Å². The van der Waals surface area contributed by atoms with Gasteiger partial charge in [0, 0.05) is 37.0 Å². The van der Waals surface area contributed by atoms with Gasteiger partial charge >= 0.3 is 0 Å². The summed E-state index contributed by atoms with van der Waals surface area (Å²) in [5, 5.41) is 21.0. The lowest BCUT2D eigenvalue weighted by Crippen LogP contribution is -2.10. The van der Waals surface area contributed by atoms with Crippen molar-refractivity contribution in [3.8, 4) is 24.6 Å². The first-order chi connectivity index (χ1) is 15.3. The molecule has 0 amide bonds. The third-order valence-electron chi connectivity index (χ3n) is 2.23. The van der Waals surface area contributed by atoms with Crippen LogP contribution in [0.4, 0.5) is 0 Å². The fourth-order valence-corrected chi connectivity index (χ4v) is 1.04. The Morgan fingerprint density at radius 3 is 1.65 bits per heavy atom. The van der Waals surface area contributed by atoms with Crippen LogP contribution in [-0.4, -0.2) is 66.3 Å². The summed E-state index contributed by atoms with van der Waals surface area (Å²) in [5.74, 6) is 4.56. The summed E-state index contributed by atoms with van der Waals surface area (Å²) in [6.07, 6.45) is 13.0. The highest BCUT2D eigenvalue weighted by Crippen LogP contribution is 1.84. The monoisotopic (exact) mass is 464 g/mol. The molecule has 16 heteroatoms. The van der Waals surface area contributed by atoms with Crippen LogP contribution in [0.25, 0.3) is 20.9 Å². The molecule has 12 nitrogen and oxygen atoms in total. The van der Waals surface area contributed by atoms with Crippen LogP contribution in [0.15, 0.2) is 22.5 Å². The molecule has 0 atom stereocenters. The van der Waals surface area contributed by atoms with E-state index in [4.69, 9.17) is 17.5 Å². The van der Waals surface area contributed by atoms with Crippen LogP contribution in [0.5, 0.6) is 0 Å². The van der Waals surface area contributed by atoms with Gasteiger partial charge in [0.25, 0.3) is 7.41 Å². The molecule has 0 unspecified atom stereocenters. The van der Waals surface area contributed by atoms with E-state index in [1.54, 1.807) is 30.3 Å². The Hall–Kier alpha value is -3.72. The van der Waals surface area contributed by atoms with Crippen LogP contribution in [0.3, 0.4) is 0 Å². The summed E-state index contributed by atoms with van der Waals surface area (Å²) < 4.78 is 3.35. The van der Waals surface area contributed by atoms with Crippen molar-refractivity contribution < 1.29 is 0 Å². The molecule has 0 aliphatic heterocycles. The Labute approximate surface area is 208 Å². The lowest BCUT2D eigenvalue weighted by atomic mass is 9.79. The molecule has 0 bridgehead atoms. The summed E-state index contributed by atoms with van der Waals surface area (Å²) in [4.78, 5) is 4.78. The molecule has 2 heterocycles. The fourth-order valence-electron chi connectivity index (χ4n) is 1.04. The predicted molar refractivity (Wildman–Crippen MR) is 148 cm³/mol. The maximum Gasteiger partial charge on any atom is 0.278 e. The second-order valence-electron chi connectivity index (χ2n) is 4.70. The SMILES string of the molecule is C.C.C#CC.C#C[B]C.CN=[N+]=[N-].C[B]N=[N+]=[N-].C[B]c1cn(C)nn1.C[B]n1cc(C)nn1. The zero-order chi connectivity index (χ0) is 25.6. The molecule has 4 radical (unpaired) electrons. The first kappa shape index (κ1) is 44.0. The molecular weight excluding hydrogens is 428 g/mol. The molecule has 0 spiro atoms. The second kappa shape index (κ2) is 39.7. The van der Waals surface area contributed by atoms with Crippen LogP contribution in [0.1, 0.15) is 27.5 Å². The van der Waals surface area contributed by atoms with Gasteiger partial charge in [-0.2, -0.15) is 10.8 Å². The molecule has 0 saturated carbocycles. The minimum Gasteiger partial charge on any atom is -0.304 e. The maximum atomic E-state index is 7.49. The minimum atomic E-state index is 0. The fraction of sp³-hybridized carbons (Fsp3) is 0.556. The minimum absolute atomic E-state index is 0. The highest BCUT2D eigenvalue weighted by molar-refractivity contribution is 6.50. The van der Waals surface area contributed by atoms with Gasteiger partial charge in [-0.1, -0.05) is 57.7 Å². The average Bonchev–Trinajstić information content (AvgIpc) is 3.43. The van der Waals surface area contributed by atoms with E-state index in [0.29, 0.717) is 0 Å². The quantitative estimate of drug-likeness (QED) is 0.224. The summed E-state index contributed by atoms with van der Waals surface area (Å²) in [7, 11) is 10.0. The third kappa shape index (κ3) is 42.4. The van der Waals surface area contributed by atoms with Gasteiger partial charge in [-0.05, 0) is 29.8 Å². The molecule has 0 fully saturated rings. The van der Waals surface area contributed by atoms with Crippen molar-refractivity contribution in [3.63, 3.8) is 0 Å². The lowest BCUT2D eigenvalue weighted by Gasteiger charge is -1.83. The van der Waals surface area contributed by atoms with Crippen molar-refractivity contribution >= 4 is 35.0 Å². The third-order valence-corrected chi connectivity index (χ3v) is 2.23. The van der Waals surface area contributed by atoms with Crippen LogP contribution < -0.4 is 5.59 Å². The second-order valence-corrected chi connectivity index (χ2v) is 4.70. The predicted octanol–water partition coefficient (Wildman–Crippen LogP) is 3.43. The molecule has 2 rings (SSSR count). The van der Waals surface area contributed by atoms with Crippen LogP contribution in [-0.2, 0) is 7.05 Å². The Morgan fingerprint density at radius 2 is 1.53 bits per heavy atom. The molecule has 180 valence electrons. The number of rotatable bonds is 3. The highest BCUT2D eigenvalue weighted by atomic mass is 15.4. The number of terminal acetylenes is 2. The van der Waals surface area contributed by atoms with Gasteiger partial charge < -0.3 is 4.59 Å². The van der Waals surface area contributed by atoms with Crippen LogP contribution in [0, 0.1) is 31.5 Å². The Kier molecular flexibility index (Phi) is 51.4. The largest absolute Gasteiger partial charge is 0.304 e. The number of hydrogen-bond acceptors (Lipinski definition) is 6. The lowest BCUT2D eigenvalue weighted by molar-refractivity contribution is 0.715. The van der Waals surface area contributed by atoms with Gasteiger partial charge in [0.1, 0.15) is 0 Å². The Bertz CT molecular complexity index is 801. The molecule has 2 aromatic heterocycles. The molecule has 34 heavy (non-hydrogen) atoms. The molecule has 0 aromatic carbocycles. The molecule has 0 N–H and O–H groups in total. The molecule has 0 saturated heterocycles. The van der Waals surface area contributed by atoms with Gasteiger partial charge in [0.05, 0.1) is 5.69 Å². The topological polar surface area (TPSA) is 159 Å². The average molecular weight is 464 g/mol. The first-order valence-corrected chi connectivity index (χ1v) is 9.02. The first-order valence-electron chi connectivity index (χ1n) is 9.02. The zero-order valence-corrected chi connectivity index (χ0v) is 20.0. The Balaban J connectivity index is -0.0000000712. The van der Waals surface area contributed by atoms with Crippen molar-refractivity contribution in [1.82, 2.24) is 29.9 Å². The number of aryl methyl sites for hydroxylation is 2. The summed E-state index contributed by atoms with van der Waals surface area (Å²) >= 11 is 0. The number of hydrogen-bond donors (Lipinski definition) is 0. The number of azide groups is 2. The maximum absolute atomic E-state index is 7.49. The highest BCUT2D eigenvalue weighted by Gasteiger charge is 1.91. The molecule has 0 aliphatic carbocycles. The Morgan fingerprint density at radius 1 is 1.03 bits per heavy atom.